The Morgan fingerprint density at radius 3 is 2.58 bits per heavy atom. The molecule has 1 amide bonds. The quantitative estimate of drug-likeness (QED) is 0.787. The van der Waals surface area contributed by atoms with E-state index in [1.165, 1.54) is 32.5 Å². The summed E-state index contributed by atoms with van der Waals surface area (Å²) in [6.45, 7) is 1.27. The third-order valence-electron chi connectivity index (χ3n) is 3.45. The first-order valence-corrected chi connectivity index (χ1v) is 7.61. The number of hydrogen-bond donors (Lipinski definition) is 1. The molecule has 0 radical (unpaired) electrons. The van der Waals surface area contributed by atoms with Gasteiger partial charge in [0.1, 0.15) is 5.56 Å². The fraction of sp³-hybridized carbons (Fsp3) is 0.222. The first-order chi connectivity index (χ1) is 12.5. The second-order valence-electron chi connectivity index (χ2n) is 5.21. The van der Waals surface area contributed by atoms with Gasteiger partial charge in [-0.15, -0.1) is 0 Å². The van der Waals surface area contributed by atoms with E-state index >= 15 is 0 Å². The molecule has 1 aromatic carbocycles. The van der Waals surface area contributed by atoms with Gasteiger partial charge in [0.2, 0.25) is 5.88 Å². The number of hydrogen-bond acceptors (Lipinski definition) is 7. The van der Waals surface area contributed by atoms with Crippen LogP contribution in [0.4, 0.5) is 5.69 Å². The average Bonchev–Trinajstić information content (AvgIpc) is 2.67. The minimum Gasteiger partial charge on any atom is -0.480 e. The Morgan fingerprint density at radius 2 is 1.88 bits per heavy atom. The van der Waals surface area contributed by atoms with Crippen molar-refractivity contribution in [3.05, 3.63) is 53.2 Å². The molecule has 2 aromatic rings. The third-order valence-corrected chi connectivity index (χ3v) is 3.45. The Morgan fingerprint density at radius 1 is 1.12 bits per heavy atom. The van der Waals surface area contributed by atoms with Crippen molar-refractivity contribution in [2.45, 2.75) is 6.92 Å². The highest BCUT2D eigenvalue weighted by Crippen LogP contribution is 2.18. The Hall–Kier alpha value is -3.42. The normalized spacial score (nSPS) is 9.96. The van der Waals surface area contributed by atoms with Gasteiger partial charge in [-0.05, 0) is 36.8 Å². The first kappa shape index (κ1) is 18.9. The predicted octanol–water partition coefficient (Wildman–Crippen LogP) is 1.98. The van der Waals surface area contributed by atoms with Crippen LogP contribution in [0.5, 0.6) is 5.88 Å². The van der Waals surface area contributed by atoms with E-state index in [-0.39, 0.29) is 11.4 Å². The molecule has 0 aliphatic carbocycles. The van der Waals surface area contributed by atoms with Gasteiger partial charge in [-0.3, -0.25) is 4.79 Å². The van der Waals surface area contributed by atoms with E-state index in [4.69, 9.17) is 9.47 Å². The molecule has 0 atom stereocenters. The number of esters is 2. The van der Waals surface area contributed by atoms with Gasteiger partial charge in [-0.1, -0.05) is 6.07 Å². The summed E-state index contributed by atoms with van der Waals surface area (Å²) in [5.74, 6) is -1.69. The molecule has 0 fully saturated rings. The number of amides is 1. The monoisotopic (exact) mass is 358 g/mol. The van der Waals surface area contributed by atoms with Crippen LogP contribution in [0.1, 0.15) is 26.3 Å². The molecule has 26 heavy (non-hydrogen) atoms. The second kappa shape index (κ2) is 8.61. The van der Waals surface area contributed by atoms with Crippen molar-refractivity contribution >= 4 is 23.5 Å². The number of aromatic nitrogens is 1. The van der Waals surface area contributed by atoms with Crippen LogP contribution in [0.25, 0.3) is 0 Å². The van der Waals surface area contributed by atoms with Gasteiger partial charge in [0.25, 0.3) is 5.91 Å². The highest BCUT2D eigenvalue weighted by atomic mass is 16.5. The molecule has 8 heteroatoms. The highest BCUT2D eigenvalue weighted by molar-refractivity contribution is 5.98. The molecule has 136 valence electrons. The van der Waals surface area contributed by atoms with E-state index in [9.17, 15) is 14.4 Å². The number of carbonyl (C=O) groups is 3. The first-order valence-electron chi connectivity index (χ1n) is 7.61. The molecular weight excluding hydrogens is 340 g/mol. The van der Waals surface area contributed by atoms with Crippen molar-refractivity contribution < 1.29 is 28.6 Å². The summed E-state index contributed by atoms with van der Waals surface area (Å²) in [5.41, 5.74) is 1.58. The summed E-state index contributed by atoms with van der Waals surface area (Å²) < 4.78 is 14.6. The average molecular weight is 358 g/mol. The number of ether oxygens (including phenoxy) is 3. The minimum absolute atomic E-state index is 0.111. The summed E-state index contributed by atoms with van der Waals surface area (Å²) in [4.78, 5) is 39.6. The number of anilines is 1. The molecule has 1 heterocycles. The molecular formula is C18H18N2O6. The highest BCUT2D eigenvalue weighted by Gasteiger charge is 2.16. The number of pyridine rings is 1. The van der Waals surface area contributed by atoms with Crippen molar-refractivity contribution in [3.63, 3.8) is 0 Å². The van der Waals surface area contributed by atoms with Gasteiger partial charge in [-0.25, -0.2) is 14.6 Å². The molecule has 8 nitrogen and oxygen atoms in total. The van der Waals surface area contributed by atoms with Gasteiger partial charge in [0.15, 0.2) is 6.61 Å². The molecule has 0 bridgehead atoms. The van der Waals surface area contributed by atoms with Gasteiger partial charge >= 0.3 is 11.9 Å². The van der Waals surface area contributed by atoms with Crippen molar-refractivity contribution in [1.29, 1.82) is 0 Å². The van der Waals surface area contributed by atoms with Crippen molar-refractivity contribution in [2.24, 2.45) is 0 Å². The molecule has 0 saturated heterocycles. The summed E-state index contributed by atoms with van der Waals surface area (Å²) in [6, 6.07) is 7.79. The Labute approximate surface area is 150 Å². The van der Waals surface area contributed by atoms with Gasteiger partial charge in [0.05, 0.1) is 19.8 Å². The second-order valence-corrected chi connectivity index (χ2v) is 5.21. The zero-order valence-electron chi connectivity index (χ0n) is 14.6. The van der Waals surface area contributed by atoms with Crippen molar-refractivity contribution in [3.8, 4) is 5.88 Å². The summed E-state index contributed by atoms with van der Waals surface area (Å²) in [7, 11) is 2.65. The fourth-order valence-corrected chi connectivity index (χ4v) is 2.11. The number of benzene rings is 1. The largest absolute Gasteiger partial charge is 0.480 e. The Bertz CT molecular complexity index is 834. The molecule has 2 rings (SSSR count). The van der Waals surface area contributed by atoms with E-state index < -0.39 is 24.5 Å². The van der Waals surface area contributed by atoms with E-state index in [1.807, 2.05) is 0 Å². The summed E-state index contributed by atoms with van der Waals surface area (Å²) in [5, 5.41) is 2.59. The number of nitrogens with one attached hydrogen (secondary N) is 1. The number of nitrogens with zero attached hydrogens (tertiary/aromatic N) is 1. The SMILES string of the molecule is COC(=O)c1ccc(C)c(NC(=O)COC(=O)c2cccnc2OC)c1. The van der Waals surface area contributed by atoms with Gasteiger partial charge in [0, 0.05) is 11.9 Å². The molecule has 0 spiro atoms. The third kappa shape index (κ3) is 4.56. The fourth-order valence-electron chi connectivity index (χ4n) is 2.11. The summed E-state index contributed by atoms with van der Waals surface area (Å²) >= 11 is 0. The number of carbonyl (C=O) groups excluding carboxylic acids is 3. The zero-order chi connectivity index (χ0) is 19.1. The van der Waals surface area contributed by atoms with Crippen LogP contribution in [0.3, 0.4) is 0 Å². The maximum Gasteiger partial charge on any atom is 0.344 e. The Balaban J connectivity index is 2.01. The lowest BCUT2D eigenvalue weighted by atomic mass is 10.1. The van der Waals surface area contributed by atoms with Crippen LogP contribution in [0.15, 0.2) is 36.5 Å². The van der Waals surface area contributed by atoms with Crippen molar-refractivity contribution in [2.75, 3.05) is 26.1 Å². The van der Waals surface area contributed by atoms with E-state index in [2.05, 4.69) is 15.0 Å². The van der Waals surface area contributed by atoms with Crippen LogP contribution in [-0.2, 0) is 14.3 Å². The van der Waals surface area contributed by atoms with Gasteiger partial charge < -0.3 is 19.5 Å². The lowest BCUT2D eigenvalue weighted by Gasteiger charge is -2.11. The van der Waals surface area contributed by atoms with Crippen LogP contribution in [0.2, 0.25) is 0 Å². The topological polar surface area (TPSA) is 104 Å². The molecule has 0 aliphatic rings. The van der Waals surface area contributed by atoms with E-state index in [0.29, 0.717) is 11.3 Å². The van der Waals surface area contributed by atoms with Crippen LogP contribution < -0.4 is 10.1 Å². The Kier molecular flexibility index (Phi) is 6.26. The maximum atomic E-state index is 12.1. The molecule has 0 saturated carbocycles. The van der Waals surface area contributed by atoms with E-state index in [0.717, 1.165) is 5.56 Å². The minimum atomic E-state index is -0.731. The molecule has 0 aliphatic heterocycles. The number of rotatable bonds is 6. The maximum absolute atomic E-state index is 12.1. The lowest BCUT2D eigenvalue weighted by molar-refractivity contribution is -0.119. The lowest BCUT2D eigenvalue weighted by Crippen LogP contribution is -2.22. The van der Waals surface area contributed by atoms with Gasteiger partial charge in [-0.2, -0.15) is 0 Å². The summed E-state index contributed by atoms with van der Waals surface area (Å²) in [6.07, 6.45) is 1.47. The van der Waals surface area contributed by atoms with Crippen LogP contribution in [0, 0.1) is 6.92 Å². The zero-order valence-corrected chi connectivity index (χ0v) is 14.6. The van der Waals surface area contributed by atoms with Crippen LogP contribution in [-0.4, -0.2) is 43.7 Å². The number of methoxy groups -OCH3 is 2. The predicted molar refractivity (Wildman–Crippen MR) is 92.2 cm³/mol. The molecule has 0 unspecified atom stereocenters. The molecule has 1 aromatic heterocycles. The smallest absolute Gasteiger partial charge is 0.344 e. The molecule has 1 N–H and O–H groups in total. The number of aryl methyl sites for hydroxylation is 1. The van der Waals surface area contributed by atoms with Crippen LogP contribution >= 0.6 is 0 Å². The standard InChI is InChI=1S/C18H18N2O6/c1-11-6-7-12(17(22)25-3)9-14(11)20-15(21)10-26-18(23)13-5-4-8-19-16(13)24-2/h4-9H,10H2,1-3H3,(H,20,21). The van der Waals surface area contributed by atoms with Crippen molar-refractivity contribution in [1.82, 2.24) is 4.98 Å². The van der Waals surface area contributed by atoms with E-state index in [1.54, 1.807) is 25.1 Å².